The summed E-state index contributed by atoms with van der Waals surface area (Å²) in [7, 11) is 1.09. The molecular formula is C9H17NO5. The molecule has 2 unspecified atom stereocenters. The number of nitrogens with zero attached hydrogens (tertiary/aromatic N) is 1. The molecule has 0 aromatic carbocycles. The van der Waals surface area contributed by atoms with E-state index in [4.69, 9.17) is 0 Å². The molecule has 0 aliphatic heterocycles. The van der Waals surface area contributed by atoms with Crippen LogP contribution in [0.3, 0.4) is 0 Å². The van der Waals surface area contributed by atoms with E-state index in [1.54, 1.807) is 0 Å². The number of hydrogen-bond donors (Lipinski definition) is 1. The van der Waals surface area contributed by atoms with Gasteiger partial charge in [-0.25, -0.2) is 4.79 Å². The lowest BCUT2D eigenvalue weighted by Gasteiger charge is -2.13. The van der Waals surface area contributed by atoms with E-state index in [1.807, 2.05) is 6.92 Å². The highest BCUT2D eigenvalue weighted by molar-refractivity contribution is 5.74. The summed E-state index contributed by atoms with van der Waals surface area (Å²) in [5, 5.41) is 19.9. The van der Waals surface area contributed by atoms with Gasteiger partial charge in [-0.3, -0.25) is 10.1 Å². The van der Waals surface area contributed by atoms with Crippen LogP contribution in [0.25, 0.3) is 0 Å². The van der Waals surface area contributed by atoms with Crippen molar-refractivity contribution >= 4 is 5.97 Å². The number of carbonyl (C=O) groups is 1. The molecular weight excluding hydrogens is 202 g/mol. The van der Waals surface area contributed by atoms with Crippen molar-refractivity contribution < 1.29 is 19.6 Å². The number of ether oxygens (including phenoxy) is 1. The van der Waals surface area contributed by atoms with E-state index in [1.165, 1.54) is 0 Å². The van der Waals surface area contributed by atoms with E-state index in [9.17, 15) is 20.0 Å². The van der Waals surface area contributed by atoms with Crippen molar-refractivity contribution in [2.24, 2.45) is 0 Å². The Morgan fingerprint density at radius 3 is 2.53 bits per heavy atom. The second kappa shape index (κ2) is 7.17. The van der Waals surface area contributed by atoms with Crippen molar-refractivity contribution in [3.63, 3.8) is 0 Å². The number of carbonyl (C=O) groups excluding carboxylic acids is 1. The minimum absolute atomic E-state index is 0.192. The van der Waals surface area contributed by atoms with Crippen LogP contribution in [0.15, 0.2) is 0 Å². The van der Waals surface area contributed by atoms with Crippen LogP contribution in [0, 0.1) is 10.1 Å². The zero-order valence-electron chi connectivity index (χ0n) is 9.01. The van der Waals surface area contributed by atoms with Crippen LogP contribution in [-0.4, -0.2) is 35.3 Å². The van der Waals surface area contributed by atoms with Crippen molar-refractivity contribution in [1.82, 2.24) is 0 Å². The van der Waals surface area contributed by atoms with E-state index in [0.29, 0.717) is 6.42 Å². The number of rotatable bonds is 7. The predicted molar refractivity (Wildman–Crippen MR) is 52.9 cm³/mol. The van der Waals surface area contributed by atoms with Crippen molar-refractivity contribution in [3.05, 3.63) is 10.1 Å². The molecule has 0 rings (SSSR count). The monoisotopic (exact) mass is 219 g/mol. The fourth-order valence-electron chi connectivity index (χ4n) is 1.26. The van der Waals surface area contributed by atoms with Crippen LogP contribution in [0.1, 0.15) is 32.6 Å². The van der Waals surface area contributed by atoms with E-state index in [2.05, 4.69) is 4.74 Å². The third-order valence-electron chi connectivity index (χ3n) is 2.18. The molecule has 0 aliphatic carbocycles. The zero-order chi connectivity index (χ0) is 11.8. The van der Waals surface area contributed by atoms with Gasteiger partial charge in [-0.05, 0) is 6.42 Å². The molecule has 0 saturated heterocycles. The summed E-state index contributed by atoms with van der Waals surface area (Å²) in [5.41, 5.74) is 0. The quantitative estimate of drug-likeness (QED) is 0.295. The molecule has 0 saturated carbocycles. The van der Waals surface area contributed by atoms with Crippen LogP contribution >= 0.6 is 0 Å². The van der Waals surface area contributed by atoms with Crippen LogP contribution in [0.4, 0.5) is 0 Å². The second-order valence-electron chi connectivity index (χ2n) is 3.32. The summed E-state index contributed by atoms with van der Waals surface area (Å²) in [5.74, 6) is -0.951. The highest BCUT2D eigenvalue weighted by atomic mass is 16.6. The summed E-state index contributed by atoms with van der Waals surface area (Å²) in [6.07, 6.45) is 0.923. The van der Waals surface area contributed by atoms with Gasteiger partial charge >= 0.3 is 5.97 Å². The normalized spacial score (nSPS) is 14.3. The molecule has 0 heterocycles. The first-order valence-electron chi connectivity index (χ1n) is 4.94. The fraction of sp³-hybridized carbons (Fsp3) is 0.889. The van der Waals surface area contributed by atoms with Crippen LogP contribution < -0.4 is 0 Å². The molecule has 6 heteroatoms. The first-order valence-corrected chi connectivity index (χ1v) is 4.94. The standard InChI is InChI=1S/C9H17NO5/c1-3-4-5-6-7(10(13)14)8(11)9(12)15-2/h7-8,11H,3-6H2,1-2H3. The average molecular weight is 219 g/mol. The largest absolute Gasteiger partial charge is 0.467 e. The lowest BCUT2D eigenvalue weighted by atomic mass is 10.0. The van der Waals surface area contributed by atoms with Crippen LogP contribution in [-0.2, 0) is 9.53 Å². The molecule has 0 fully saturated rings. The summed E-state index contributed by atoms with van der Waals surface area (Å²) >= 11 is 0. The first kappa shape index (κ1) is 13.8. The molecule has 2 atom stereocenters. The molecule has 0 aliphatic rings. The van der Waals surface area contributed by atoms with Crippen LogP contribution in [0.5, 0.6) is 0 Å². The lowest BCUT2D eigenvalue weighted by Crippen LogP contribution is -2.40. The van der Waals surface area contributed by atoms with Gasteiger partial charge in [0, 0.05) is 11.3 Å². The minimum atomic E-state index is -1.66. The Balaban J connectivity index is 4.25. The van der Waals surface area contributed by atoms with E-state index in [0.717, 1.165) is 20.0 Å². The number of esters is 1. The Kier molecular flexibility index (Phi) is 6.61. The topological polar surface area (TPSA) is 89.7 Å². The highest BCUT2D eigenvalue weighted by Gasteiger charge is 2.35. The van der Waals surface area contributed by atoms with E-state index < -0.39 is 23.0 Å². The third kappa shape index (κ3) is 4.73. The van der Waals surface area contributed by atoms with Crippen molar-refractivity contribution in [2.75, 3.05) is 7.11 Å². The molecule has 0 aromatic rings. The Morgan fingerprint density at radius 2 is 2.13 bits per heavy atom. The van der Waals surface area contributed by atoms with Gasteiger partial charge in [-0.15, -0.1) is 0 Å². The Labute approximate surface area is 88.4 Å². The smallest absolute Gasteiger partial charge is 0.342 e. The molecule has 15 heavy (non-hydrogen) atoms. The number of unbranched alkanes of at least 4 members (excludes halogenated alkanes) is 2. The summed E-state index contributed by atoms with van der Waals surface area (Å²) in [4.78, 5) is 20.9. The van der Waals surface area contributed by atoms with Gasteiger partial charge in [-0.2, -0.15) is 0 Å². The van der Waals surface area contributed by atoms with Gasteiger partial charge < -0.3 is 9.84 Å². The number of aliphatic hydroxyl groups is 1. The summed E-state index contributed by atoms with van der Waals surface area (Å²) in [6, 6.07) is -1.26. The zero-order valence-corrected chi connectivity index (χ0v) is 9.01. The molecule has 88 valence electrons. The maximum atomic E-state index is 10.9. The number of methoxy groups -OCH3 is 1. The molecule has 0 spiro atoms. The Bertz CT molecular complexity index is 219. The number of nitro groups is 1. The Hall–Kier alpha value is -1.17. The maximum absolute atomic E-state index is 10.9. The second-order valence-corrected chi connectivity index (χ2v) is 3.32. The molecule has 0 amide bonds. The van der Waals surface area contributed by atoms with Crippen LogP contribution in [0.2, 0.25) is 0 Å². The third-order valence-corrected chi connectivity index (χ3v) is 2.18. The van der Waals surface area contributed by atoms with Gasteiger partial charge in [0.25, 0.3) is 0 Å². The fourth-order valence-corrected chi connectivity index (χ4v) is 1.26. The lowest BCUT2D eigenvalue weighted by molar-refractivity contribution is -0.532. The first-order chi connectivity index (χ1) is 7.04. The van der Waals surface area contributed by atoms with Crippen molar-refractivity contribution in [3.8, 4) is 0 Å². The highest BCUT2D eigenvalue weighted by Crippen LogP contribution is 2.11. The Morgan fingerprint density at radius 1 is 1.53 bits per heavy atom. The minimum Gasteiger partial charge on any atom is -0.467 e. The SMILES string of the molecule is CCCCCC(C(O)C(=O)OC)[N+](=O)[O-]. The van der Waals surface area contributed by atoms with E-state index in [-0.39, 0.29) is 6.42 Å². The predicted octanol–water partition coefficient (Wildman–Crippen LogP) is 0.746. The van der Waals surface area contributed by atoms with Gasteiger partial charge in [0.2, 0.25) is 12.1 Å². The summed E-state index contributed by atoms with van der Waals surface area (Å²) in [6.45, 7) is 1.97. The van der Waals surface area contributed by atoms with Gasteiger partial charge in [0.05, 0.1) is 7.11 Å². The van der Waals surface area contributed by atoms with E-state index >= 15 is 0 Å². The van der Waals surface area contributed by atoms with Gasteiger partial charge in [0.1, 0.15) is 0 Å². The maximum Gasteiger partial charge on any atom is 0.342 e. The molecule has 0 bridgehead atoms. The number of hydrogen-bond acceptors (Lipinski definition) is 5. The molecule has 0 radical (unpaired) electrons. The molecule has 6 nitrogen and oxygen atoms in total. The number of aliphatic hydroxyl groups excluding tert-OH is 1. The molecule has 1 N–H and O–H groups in total. The van der Waals surface area contributed by atoms with Crippen molar-refractivity contribution in [1.29, 1.82) is 0 Å². The average Bonchev–Trinajstić information content (AvgIpc) is 2.22. The van der Waals surface area contributed by atoms with Crippen molar-refractivity contribution in [2.45, 2.75) is 44.8 Å². The van der Waals surface area contributed by atoms with Gasteiger partial charge in [0.15, 0.2) is 0 Å². The molecule has 0 aromatic heterocycles. The summed E-state index contributed by atoms with van der Waals surface area (Å²) < 4.78 is 4.26. The van der Waals surface area contributed by atoms with Gasteiger partial charge in [-0.1, -0.05) is 19.8 Å².